The molecule has 0 spiro atoms. The van der Waals surface area contributed by atoms with Crippen LogP contribution >= 0.6 is 24.0 Å². The molecule has 1 fully saturated rings. The van der Waals surface area contributed by atoms with Gasteiger partial charge in [-0.15, -0.1) is 12.4 Å². The van der Waals surface area contributed by atoms with Crippen molar-refractivity contribution in [3.8, 4) is 0 Å². The van der Waals surface area contributed by atoms with Crippen molar-refractivity contribution in [1.29, 1.82) is 0 Å². The number of rotatable bonds is 4. The first kappa shape index (κ1) is 17.7. The molecule has 1 heterocycles. The normalized spacial score (nSPS) is 17.6. The third-order valence-corrected chi connectivity index (χ3v) is 4.14. The second-order valence-corrected chi connectivity index (χ2v) is 5.59. The van der Waals surface area contributed by atoms with Crippen molar-refractivity contribution in [2.24, 2.45) is 0 Å². The van der Waals surface area contributed by atoms with E-state index in [9.17, 15) is 4.39 Å². The molecule has 1 aliphatic heterocycles. The van der Waals surface area contributed by atoms with Crippen LogP contribution in [0.5, 0.6) is 0 Å². The first-order chi connectivity index (χ1) is 9.15. The van der Waals surface area contributed by atoms with Crippen LogP contribution in [0.1, 0.15) is 36.9 Å². The van der Waals surface area contributed by atoms with Crippen molar-refractivity contribution in [3.05, 3.63) is 34.1 Å². The van der Waals surface area contributed by atoms with E-state index in [4.69, 9.17) is 11.6 Å². The van der Waals surface area contributed by atoms with E-state index < -0.39 is 0 Å². The summed E-state index contributed by atoms with van der Waals surface area (Å²) in [7, 11) is 0. The largest absolute Gasteiger partial charge is 0.314 e. The molecule has 5 heteroatoms. The van der Waals surface area contributed by atoms with Gasteiger partial charge in [0.15, 0.2) is 0 Å². The molecule has 2 nitrogen and oxygen atoms in total. The molecule has 1 atom stereocenters. The lowest BCUT2D eigenvalue weighted by Gasteiger charge is -2.36. The summed E-state index contributed by atoms with van der Waals surface area (Å²) < 4.78 is 14.5. The first-order valence-corrected chi connectivity index (χ1v) is 7.42. The van der Waals surface area contributed by atoms with Crippen molar-refractivity contribution in [3.63, 3.8) is 0 Å². The molecule has 1 aromatic carbocycles. The first-order valence-electron chi connectivity index (χ1n) is 7.04. The van der Waals surface area contributed by atoms with Gasteiger partial charge < -0.3 is 5.32 Å². The Labute approximate surface area is 132 Å². The predicted octanol–water partition coefficient (Wildman–Crippen LogP) is 3.96. The summed E-state index contributed by atoms with van der Waals surface area (Å²) in [5, 5.41) is 3.89. The van der Waals surface area contributed by atoms with Gasteiger partial charge in [-0.2, -0.15) is 0 Å². The molecule has 0 radical (unpaired) electrons. The van der Waals surface area contributed by atoms with E-state index in [1.54, 1.807) is 13.0 Å². The summed E-state index contributed by atoms with van der Waals surface area (Å²) in [6.45, 7) is 7.77. The highest BCUT2D eigenvalue weighted by molar-refractivity contribution is 6.31. The minimum Gasteiger partial charge on any atom is -0.314 e. The number of hydrogen-bond donors (Lipinski definition) is 1. The zero-order chi connectivity index (χ0) is 13.8. The number of nitrogens with zero attached hydrogens (tertiary/aromatic N) is 1. The second kappa shape index (κ2) is 8.18. The zero-order valence-electron chi connectivity index (χ0n) is 12.1. The molecule has 0 aliphatic carbocycles. The van der Waals surface area contributed by atoms with Gasteiger partial charge in [0.25, 0.3) is 0 Å². The summed E-state index contributed by atoms with van der Waals surface area (Å²) in [6, 6.07) is 3.67. The van der Waals surface area contributed by atoms with Crippen LogP contribution in [-0.4, -0.2) is 31.1 Å². The number of piperazine rings is 1. The highest BCUT2D eigenvalue weighted by atomic mass is 35.5. The number of halogens is 3. The van der Waals surface area contributed by atoms with E-state index >= 15 is 0 Å². The van der Waals surface area contributed by atoms with Crippen LogP contribution in [0.3, 0.4) is 0 Å². The maximum Gasteiger partial charge on any atom is 0.132 e. The Morgan fingerprint density at radius 3 is 2.60 bits per heavy atom. The Morgan fingerprint density at radius 2 is 2.00 bits per heavy atom. The Bertz CT molecular complexity index is 434. The average Bonchev–Trinajstić information content (AvgIpc) is 2.43. The minimum atomic E-state index is -0.135. The van der Waals surface area contributed by atoms with Crippen LogP contribution in [0.25, 0.3) is 0 Å². The molecule has 2 rings (SSSR count). The Hall–Kier alpha value is -0.350. The van der Waals surface area contributed by atoms with Crippen molar-refractivity contribution in [2.45, 2.75) is 32.7 Å². The molecule has 114 valence electrons. The van der Waals surface area contributed by atoms with Crippen LogP contribution < -0.4 is 5.32 Å². The molecule has 0 unspecified atom stereocenters. The van der Waals surface area contributed by atoms with Crippen molar-refractivity contribution >= 4 is 24.0 Å². The Balaban J connectivity index is 0.00000200. The van der Waals surface area contributed by atoms with E-state index in [1.807, 2.05) is 6.07 Å². The SMILES string of the molecule is CCC[C@H](c1c(Cl)ccc(C)c1F)N1CCNCC1.Cl. The summed E-state index contributed by atoms with van der Waals surface area (Å²) in [4.78, 5) is 2.35. The Morgan fingerprint density at radius 1 is 1.35 bits per heavy atom. The van der Waals surface area contributed by atoms with Crippen molar-refractivity contribution < 1.29 is 4.39 Å². The van der Waals surface area contributed by atoms with Crippen LogP contribution in [0.15, 0.2) is 12.1 Å². The van der Waals surface area contributed by atoms with Gasteiger partial charge in [0.1, 0.15) is 5.82 Å². The van der Waals surface area contributed by atoms with Gasteiger partial charge in [0, 0.05) is 42.8 Å². The highest BCUT2D eigenvalue weighted by Gasteiger charge is 2.26. The molecule has 1 N–H and O–H groups in total. The lowest BCUT2D eigenvalue weighted by atomic mass is 9.97. The number of nitrogens with one attached hydrogen (secondary N) is 1. The quantitative estimate of drug-likeness (QED) is 0.903. The third kappa shape index (κ3) is 3.85. The third-order valence-electron chi connectivity index (χ3n) is 3.81. The van der Waals surface area contributed by atoms with Gasteiger partial charge in [-0.25, -0.2) is 4.39 Å². The van der Waals surface area contributed by atoms with Crippen LogP contribution in [-0.2, 0) is 0 Å². The number of aryl methyl sites for hydroxylation is 1. The minimum absolute atomic E-state index is 0. The molecule has 0 bridgehead atoms. The second-order valence-electron chi connectivity index (χ2n) is 5.18. The van der Waals surface area contributed by atoms with E-state index in [0.29, 0.717) is 16.1 Å². The van der Waals surface area contributed by atoms with E-state index in [1.165, 1.54) is 0 Å². The zero-order valence-corrected chi connectivity index (χ0v) is 13.7. The van der Waals surface area contributed by atoms with Crippen molar-refractivity contribution in [2.75, 3.05) is 26.2 Å². The Kier molecular flexibility index (Phi) is 7.24. The van der Waals surface area contributed by atoms with Gasteiger partial charge in [-0.1, -0.05) is 31.0 Å². The van der Waals surface area contributed by atoms with E-state index in [-0.39, 0.29) is 24.3 Å². The van der Waals surface area contributed by atoms with E-state index in [0.717, 1.165) is 39.0 Å². The molecular weight excluding hydrogens is 298 g/mol. The van der Waals surface area contributed by atoms with Gasteiger partial charge in [-0.05, 0) is 25.0 Å². The predicted molar refractivity (Wildman–Crippen MR) is 85.5 cm³/mol. The molecular formula is C15H23Cl2FN2. The van der Waals surface area contributed by atoms with Crippen molar-refractivity contribution in [1.82, 2.24) is 10.2 Å². The topological polar surface area (TPSA) is 15.3 Å². The lowest BCUT2D eigenvalue weighted by molar-refractivity contribution is 0.161. The van der Waals surface area contributed by atoms with Crippen LogP contribution in [0, 0.1) is 12.7 Å². The van der Waals surface area contributed by atoms with Gasteiger partial charge in [-0.3, -0.25) is 4.90 Å². The molecule has 1 aliphatic rings. The molecule has 1 saturated heterocycles. The number of hydrogen-bond acceptors (Lipinski definition) is 2. The fourth-order valence-corrected chi connectivity index (χ4v) is 3.03. The van der Waals surface area contributed by atoms with Crippen LogP contribution in [0.4, 0.5) is 4.39 Å². The monoisotopic (exact) mass is 320 g/mol. The molecule has 1 aromatic rings. The summed E-state index contributed by atoms with van der Waals surface area (Å²) in [6.07, 6.45) is 1.97. The average molecular weight is 321 g/mol. The maximum absolute atomic E-state index is 14.5. The molecule has 0 saturated carbocycles. The molecule has 0 aromatic heterocycles. The van der Waals surface area contributed by atoms with Gasteiger partial charge in [0.05, 0.1) is 0 Å². The standard InChI is InChI=1S/C15H22ClFN2.ClH/c1-3-4-13(19-9-7-18-8-10-19)14-12(16)6-5-11(2)15(14)17;/h5-6,13,18H,3-4,7-10H2,1-2H3;1H/t13-;/m1./s1. The summed E-state index contributed by atoms with van der Waals surface area (Å²) >= 11 is 6.27. The van der Waals surface area contributed by atoms with Gasteiger partial charge in [0.2, 0.25) is 0 Å². The summed E-state index contributed by atoms with van der Waals surface area (Å²) in [5.74, 6) is -0.135. The maximum atomic E-state index is 14.5. The molecule has 20 heavy (non-hydrogen) atoms. The fraction of sp³-hybridized carbons (Fsp3) is 0.600. The number of benzene rings is 1. The smallest absolute Gasteiger partial charge is 0.132 e. The highest BCUT2D eigenvalue weighted by Crippen LogP contribution is 2.34. The van der Waals surface area contributed by atoms with Crippen LogP contribution in [0.2, 0.25) is 5.02 Å². The fourth-order valence-electron chi connectivity index (χ4n) is 2.76. The summed E-state index contributed by atoms with van der Waals surface area (Å²) in [5.41, 5.74) is 1.36. The van der Waals surface area contributed by atoms with Gasteiger partial charge >= 0.3 is 0 Å². The molecule has 0 amide bonds. The van der Waals surface area contributed by atoms with E-state index in [2.05, 4.69) is 17.1 Å². The lowest BCUT2D eigenvalue weighted by Crippen LogP contribution is -2.45.